The molecule has 6 heteroatoms. The van der Waals surface area contributed by atoms with Crippen molar-refractivity contribution in [3.63, 3.8) is 0 Å². The van der Waals surface area contributed by atoms with E-state index in [-0.39, 0.29) is 5.95 Å². The summed E-state index contributed by atoms with van der Waals surface area (Å²) in [6.07, 6.45) is 4.52. The van der Waals surface area contributed by atoms with E-state index in [0.29, 0.717) is 30.5 Å². The summed E-state index contributed by atoms with van der Waals surface area (Å²) in [6, 6.07) is 0.700. The average Bonchev–Trinajstić information content (AvgIpc) is 2.39. The van der Waals surface area contributed by atoms with Crippen LogP contribution in [0.1, 0.15) is 46.5 Å². The second kappa shape index (κ2) is 6.72. The number of hydrogen-bond acceptors (Lipinski definition) is 6. The predicted octanol–water partition coefficient (Wildman–Crippen LogP) is 2.48. The van der Waals surface area contributed by atoms with Gasteiger partial charge >= 0.3 is 6.01 Å². The van der Waals surface area contributed by atoms with Gasteiger partial charge in [-0.2, -0.15) is 15.0 Å². The van der Waals surface area contributed by atoms with Gasteiger partial charge in [0.05, 0.1) is 6.61 Å². The number of hydrogen-bond donors (Lipinski definition) is 2. The third kappa shape index (κ3) is 3.95. The number of nitrogen functional groups attached to an aromatic ring is 1. The highest BCUT2D eigenvalue weighted by molar-refractivity contribution is 5.33. The first kappa shape index (κ1) is 14.8. The summed E-state index contributed by atoms with van der Waals surface area (Å²) in [7, 11) is 0. The van der Waals surface area contributed by atoms with E-state index in [9.17, 15) is 0 Å². The van der Waals surface area contributed by atoms with Gasteiger partial charge in [-0.3, -0.25) is 0 Å². The van der Waals surface area contributed by atoms with E-state index >= 15 is 0 Å². The molecule has 1 aromatic rings. The second-order valence-corrected chi connectivity index (χ2v) is 5.79. The maximum atomic E-state index is 5.71. The Morgan fingerprint density at radius 1 is 1.25 bits per heavy atom. The van der Waals surface area contributed by atoms with E-state index in [2.05, 4.69) is 34.1 Å². The number of nitrogens with one attached hydrogen (secondary N) is 1. The van der Waals surface area contributed by atoms with Crippen LogP contribution in [0.4, 0.5) is 11.9 Å². The molecule has 2 rings (SSSR count). The lowest BCUT2D eigenvalue weighted by Gasteiger charge is -2.33. The SMILES string of the molecule is CCCOc1nc(N)nc(NC2CCC(C)CC2C)n1. The maximum absolute atomic E-state index is 5.71. The molecule has 1 aliphatic rings. The second-order valence-electron chi connectivity index (χ2n) is 5.79. The first-order valence-corrected chi connectivity index (χ1v) is 7.49. The molecule has 3 N–H and O–H groups in total. The lowest BCUT2D eigenvalue weighted by molar-refractivity contribution is 0.274. The zero-order valence-corrected chi connectivity index (χ0v) is 12.6. The zero-order valence-electron chi connectivity index (χ0n) is 12.6. The molecule has 3 atom stereocenters. The fraction of sp³-hybridized carbons (Fsp3) is 0.786. The van der Waals surface area contributed by atoms with Crippen molar-refractivity contribution in [2.45, 2.75) is 52.5 Å². The summed E-state index contributed by atoms with van der Waals surface area (Å²) in [6.45, 7) is 7.20. The standard InChI is InChI=1S/C14H25N5O/c1-4-7-20-14-18-12(15)17-13(19-14)16-11-6-5-9(2)8-10(11)3/h9-11H,4-8H2,1-3H3,(H3,15,16,17,18,19). The van der Waals surface area contributed by atoms with Gasteiger partial charge in [0.2, 0.25) is 11.9 Å². The number of anilines is 2. The van der Waals surface area contributed by atoms with E-state index in [1.807, 2.05) is 6.92 Å². The molecule has 112 valence electrons. The minimum Gasteiger partial charge on any atom is -0.463 e. The Morgan fingerprint density at radius 3 is 2.75 bits per heavy atom. The molecule has 0 saturated heterocycles. The molecule has 0 spiro atoms. The summed E-state index contributed by atoms with van der Waals surface area (Å²) >= 11 is 0. The van der Waals surface area contributed by atoms with Crippen LogP contribution in [-0.4, -0.2) is 27.6 Å². The highest BCUT2D eigenvalue weighted by Gasteiger charge is 2.26. The van der Waals surface area contributed by atoms with Gasteiger partial charge in [-0.15, -0.1) is 0 Å². The molecular weight excluding hydrogens is 254 g/mol. The lowest BCUT2D eigenvalue weighted by atomic mass is 9.80. The average molecular weight is 279 g/mol. The van der Waals surface area contributed by atoms with Crippen LogP contribution in [0.25, 0.3) is 0 Å². The summed E-state index contributed by atoms with van der Waals surface area (Å²) in [4.78, 5) is 12.4. The number of aromatic nitrogens is 3. The van der Waals surface area contributed by atoms with Crippen molar-refractivity contribution in [2.75, 3.05) is 17.7 Å². The van der Waals surface area contributed by atoms with Gasteiger partial charge in [0.1, 0.15) is 0 Å². The molecule has 0 aliphatic heterocycles. The molecule has 20 heavy (non-hydrogen) atoms. The number of nitrogens with two attached hydrogens (primary N) is 1. The van der Waals surface area contributed by atoms with Crippen LogP contribution in [0.15, 0.2) is 0 Å². The van der Waals surface area contributed by atoms with Crippen molar-refractivity contribution >= 4 is 11.9 Å². The molecule has 0 radical (unpaired) electrons. The Kier molecular flexibility index (Phi) is 4.98. The normalized spacial score (nSPS) is 26.2. The summed E-state index contributed by atoms with van der Waals surface area (Å²) in [5.41, 5.74) is 5.71. The third-order valence-corrected chi connectivity index (χ3v) is 3.81. The van der Waals surface area contributed by atoms with Gasteiger partial charge in [-0.05, 0) is 37.5 Å². The monoisotopic (exact) mass is 279 g/mol. The van der Waals surface area contributed by atoms with E-state index in [1.54, 1.807) is 0 Å². The number of nitrogens with zero attached hydrogens (tertiary/aromatic N) is 3. The summed E-state index contributed by atoms with van der Waals surface area (Å²) in [5, 5.41) is 3.39. The lowest BCUT2D eigenvalue weighted by Crippen LogP contribution is -2.33. The van der Waals surface area contributed by atoms with Gasteiger partial charge < -0.3 is 15.8 Å². The Balaban J connectivity index is 2.03. The Bertz CT molecular complexity index is 440. The highest BCUT2D eigenvalue weighted by atomic mass is 16.5. The quantitative estimate of drug-likeness (QED) is 0.861. The van der Waals surface area contributed by atoms with Crippen LogP contribution in [0.5, 0.6) is 6.01 Å². The highest BCUT2D eigenvalue weighted by Crippen LogP contribution is 2.30. The fourth-order valence-corrected chi connectivity index (χ4v) is 2.74. The van der Waals surface area contributed by atoms with Gasteiger partial charge in [0.15, 0.2) is 0 Å². The third-order valence-electron chi connectivity index (χ3n) is 3.81. The van der Waals surface area contributed by atoms with Gasteiger partial charge in [-0.1, -0.05) is 20.8 Å². The molecule has 3 unspecified atom stereocenters. The van der Waals surface area contributed by atoms with Crippen molar-refractivity contribution in [3.05, 3.63) is 0 Å². The van der Waals surface area contributed by atoms with E-state index < -0.39 is 0 Å². The molecule has 0 amide bonds. The molecule has 1 aliphatic carbocycles. The first-order valence-electron chi connectivity index (χ1n) is 7.49. The minimum absolute atomic E-state index is 0.199. The van der Waals surface area contributed by atoms with Crippen molar-refractivity contribution in [1.82, 2.24) is 15.0 Å². The Morgan fingerprint density at radius 2 is 2.05 bits per heavy atom. The molecule has 0 bridgehead atoms. The molecule has 0 aromatic carbocycles. The first-order chi connectivity index (χ1) is 9.58. The fourth-order valence-electron chi connectivity index (χ4n) is 2.74. The van der Waals surface area contributed by atoms with Crippen LogP contribution in [0, 0.1) is 11.8 Å². The predicted molar refractivity (Wildman–Crippen MR) is 79.6 cm³/mol. The topological polar surface area (TPSA) is 86.0 Å². The molecule has 1 fully saturated rings. The Hall–Kier alpha value is -1.59. The maximum Gasteiger partial charge on any atom is 0.323 e. The van der Waals surface area contributed by atoms with Gasteiger partial charge in [-0.25, -0.2) is 0 Å². The van der Waals surface area contributed by atoms with E-state index in [1.165, 1.54) is 12.8 Å². The molecular formula is C14H25N5O. The Labute approximate surface area is 120 Å². The summed E-state index contributed by atoms with van der Waals surface area (Å²) < 4.78 is 5.43. The number of rotatable bonds is 5. The number of ether oxygens (including phenoxy) is 1. The van der Waals surface area contributed by atoms with Crippen molar-refractivity contribution in [1.29, 1.82) is 0 Å². The van der Waals surface area contributed by atoms with Crippen LogP contribution in [0.3, 0.4) is 0 Å². The molecule has 1 aromatic heterocycles. The largest absolute Gasteiger partial charge is 0.463 e. The molecule has 6 nitrogen and oxygen atoms in total. The van der Waals surface area contributed by atoms with Crippen molar-refractivity contribution < 1.29 is 4.74 Å². The smallest absolute Gasteiger partial charge is 0.323 e. The van der Waals surface area contributed by atoms with E-state index in [0.717, 1.165) is 18.8 Å². The van der Waals surface area contributed by atoms with Gasteiger partial charge in [0.25, 0.3) is 0 Å². The molecule has 1 saturated carbocycles. The van der Waals surface area contributed by atoms with Gasteiger partial charge in [0, 0.05) is 6.04 Å². The zero-order chi connectivity index (χ0) is 14.5. The van der Waals surface area contributed by atoms with E-state index in [4.69, 9.17) is 10.5 Å². The van der Waals surface area contributed by atoms with Crippen molar-refractivity contribution in [2.24, 2.45) is 11.8 Å². The summed E-state index contributed by atoms with van der Waals surface area (Å²) in [5.74, 6) is 2.13. The van der Waals surface area contributed by atoms with Crippen molar-refractivity contribution in [3.8, 4) is 6.01 Å². The molecule has 1 heterocycles. The minimum atomic E-state index is 0.199. The van der Waals surface area contributed by atoms with Crippen LogP contribution in [-0.2, 0) is 0 Å². The van der Waals surface area contributed by atoms with Crippen LogP contribution < -0.4 is 15.8 Å². The van der Waals surface area contributed by atoms with Crippen LogP contribution in [0.2, 0.25) is 0 Å². The van der Waals surface area contributed by atoms with Crippen LogP contribution >= 0.6 is 0 Å².